The van der Waals surface area contributed by atoms with E-state index in [2.05, 4.69) is 84.7 Å². The summed E-state index contributed by atoms with van der Waals surface area (Å²) in [5, 5.41) is 7.06. The predicted octanol–water partition coefficient (Wildman–Crippen LogP) is 6.15. The highest BCUT2D eigenvalue weighted by molar-refractivity contribution is 5.97. The van der Waals surface area contributed by atoms with Crippen LogP contribution in [-0.4, -0.2) is 29.9 Å². The molecule has 0 bridgehead atoms. The summed E-state index contributed by atoms with van der Waals surface area (Å²) in [5.41, 5.74) is 12.7. The minimum Gasteiger partial charge on any atom is -0.351 e. The number of hydrogen-bond acceptors (Lipinski definition) is 4. The Kier molecular flexibility index (Phi) is 8.74. The van der Waals surface area contributed by atoms with Gasteiger partial charge in [0, 0.05) is 36.9 Å². The van der Waals surface area contributed by atoms with Gasteiger partial charge in [-0.05, 0) is 84.2 Å². The second kappa shape index (κ2) is 11.6. The second-order valence-corrected chi connectivity index (χ2v) is 14.2. The summed E-state index contributed by atoms with van der Waals surface area (Å²) >= 11 is 0. The summed E-state index contributed by atoms with van der Waals surface area (Å²) in [6, 6.07) is 9.31. The van der Waals surface area contributed by atoms with Gasteiger partial charge in [0.05, 0.1) is 5.56 Å². The van der Waals surface area contributed by atoms with Crippen LogP contribution in [0.3, 0.4) is 0 Å². The van der Waals surface area contributed by atoms with Crippen molar-refractivity contribution in [1.29, 1.82) is 0 Å². The number of carbonyl (C=O) groups excluding carboxylic acids is 1. The van der Waals surface area contributed by atoms with Crippen LogP contribution in [0.4, 0.5) is 0 Å². The van der Waals surface area contributed by atoms with E-state index in [0.717, 1.165) is 23.5 Å². The molecule has 2 fully saturated rings. The van der Waals surface area contributed by atoms with Crippen LogP contribution < -0.4 is 22.0 Å². The van der Waals surface area contributed by atoms with E-state index in [4.69, 9.17) is 5.84 Å². The maximum Gasteiger partial charge on any atom is 0.253 e. The number of nitrogens with two attached hydrogens (primary N) is 1. The quantitative estimate of drug-likeness (QED) is 0.131. The Hall–Kier alpha value is -2.80. The van der Waals surface area contributed by atoms with E-state index in [1.54, 1.807) is 7.05 Å². The van der Waals surface area contributed by atoms with Crippen LogP contribution in [0.1, 0.15) is 114 Å². The van der Waals surface area contributed by atoms with Gasteiger partial charge >= 0.3 is 0 Å². The Morgan fingerprint density at radius 2 is 1.75 bits per heavy atom. The number of rotatable bonds is 9. The number of carbonyl (C=O) groups is 1. The molecule has 0 atom stereocenters. The molecule has 0 radical (unpaired) electrons. The van der Waals surface area contributed by atoms with Crippen LogP contribution in [0.25, 0.3) is 11.3 Å². The lowest BCUT2D eigenvalue weighted by Crippen LogP contribution is -2.49. The first-order chi connectivity index (χ1) is 18.8. The molecule has 2 saturated carbocycles. The Bertz CT molecular complexity index is 1210. The maximum atomic E-state index is 13.7. The normalized spacial score (nSPS) is 18.1. The van der Waals surface area contributed by atoms with Gasteiger partial charge < -0.3 is 21.2 Å². The lowest BCUT2D eigenvalue weighted by molar-refractivity contribution is 0.0943. The summed E-state index contributed by atoms with van der Waals surface area (Å²) in [6.45, 7) is 16.7. The largest absolute Gasteiger partial charge is 0.351 e. The Labute approximate surface area is 241 Å². The summed E-state index contributed by atoms with van der Waals surface area (Å²) < 4.78 is 2.44. The Balaban J connectivity index is 1.73. The minimum atomic E-state index is -0.468. The van der Waals surface area contributed by atoms with E-state index >= 15 is 0 Å². The first kappa shape index (κ1) is 30.2. The number of hydrazine groups is 1. The molecule has 40 heavy (non-hydrogen) atoms. The molecular formula is C33H52N6O. The van der Waals surface area contributed by atoms with Crippen LogP contribution in [0.15, 0.2) is 29.4 Å². The number of amidine groups is 1. The van der Waals surface area contributed by atoms with Gasteiger partial charge in [-0.2, -0.15) is 5.10 Å². The topological polar surface area (TPSA) is 96.5 Å². The number of nitrogens with zero attached hydrogens (tertiary/aromatic N) is 2. The Morgan fingerprint density at radius 1 is 1.07 bits per heavy atom. The van der Waals surface area contributed by atoms with E-state index in [0.29, 0.717) is 18.3 Å². The molecule has 0 saturated heterocycles. The summed E-state index contributed by atoms with van der Waals surface area (Å²) in [6.07, 6.45) is 8.94. The van der Waals surface area contributed by atoms with Crippen molar-refractivity contribution in [3.63, 3.8) is 0 Å². The van der Waals surface area contributed by atoms with E-state index in [1.807, 2.05) is 13.8 Å². The van der Waals surface area contributed by atoms with Gasteiger partial charge in [-0.15, -0.1) is 0 Å². The zero-order chi connectivity index (χ0) is 29.3. The molecule has 1 heterocycles. The van der Waals surface area contributed by atoms with Crippen molar-refractivity contribution in [3.8, 4) is 11.3 Å². The van der Waals surface area contributed by atoms with Crippen molar-refractivity contribution in [3.05, 3.63) is 46.6 Å². The molecule has 7 nitrogen and oxygen atoms in total. The van der Waals surface area contributed by atoms with Crippen molar-refractivity contribution in [1.82, 2.24) is 20.7 Å². The monoisotopic (exact) mass is 548 g/mol. The number of benzene rings is 1. The lowest BCUT2D eigenvalue weighted by atomic mass is 9.82. The van der Waals surface area contributed by atoms with E-state index in [-0.39, 0.29) is 16.7 Å². The molecule has 0 unspecified atom stereocenters. The van der Waals surface area contributed by atoms with Crippen molar-refractivity contribution < 1.29 is 4.79 Å². The van der Waals surface area contributed by atoms with E-state index in [9.17, 15) is 4.79 Å². The van der Waals surface area contributed by atoms with Gasteiger partial charge in [0.25, 0.3) is 5.91 Å². The second-order valence-electron chi connectivity index (χ2n) is 14.2. The SMILES string of the molecule is CNN/C(=N\N)C(C)(C)CNC(=O)c1cc(-c2cc(C(C)(C)C)cc(C3(C)CC3)c2)n(CC2CCCCC2)c1C. The zero-order valence-corrected chi connectivity index (χ0v) is 26.1. The van der Waals surface area contributed by atoms with Crippen molar-refractivity contribution in [2.24, 2.45) is 22.3 Å². The maximum absolute atomic E-state index is 13.7. The van der Waals surface area contributed by atoms with Gasteiger partial charge in [-0.3, -0.25) is 4.79 Å². The average Bonchev–Trinajstić information content (AvgIpc) is 3.59. The molecule has 1 aromatic carbocycles. The lowest BCUT2D eigenvalue weighted by Gasteiger charge is -2.27. The molecule has 1 amide bonds. The number of hydrogen-bond donors (Lipinski definition) is 4. The number of aromatic nitrogens is 1. The highest BCUT2D eigenvalue weighted by atomic mass is 16.1. The molecule has 4 rings (SSSR count). The molecule has 2 aliphatic carbocycles. The summed E-state index contributed by atoms with van der Waals surface area (Å²) in [7, 11) is 1.77. The van der Waals surface area contributed by atoms with Crippen LogP contribution in [0.5, 0.6) is 0 Å². The molecule has 0 aliphatic heterocycles. The van der Waals surface area contributed by atoms with Crippen molar-refractivity contribution in [2.45, 2.75) is 111 Å². The third-order valence-electron chi connectivity index (χ3n) is 9.27. The molecular weight excluding hydrogens is 496 g/mol. The number of hydrazone groups is 1. The van der Waals surface area contributed by atoms with Crippen LogP contribution >= 0.6 is 0 Å². The van der Waals surface area contributed by atoms with Gasteiger partial charge in [0.2, 0.25) is 0 Å². The molecule has 7 heteroatoms. The third kappa shape index (κ3) is 6.56. The van der Waals surface area contributed by atoms with Crippen molar-refractivity contribution in [2.75, 3.05) is 13.6 Å². The highest BCUT2D eigenvalue weighted by Gasteiger charge is 2.40. The molecule has 1 aromatic heterocycles. The fourth-order valence-electron chi connectivity index (χ4n) is 5.99. The first-order valence-electron chi connectivity index (χ1n) is 15.1. The smallest absolute Gasteiger partial charge is 0.253 e. The first-order valence-corrected chi connectivity index (χ1v) is 15.1. The van der Waals surface area contributed by atoms with Crippen molar-refractivity contribution >= 4 is 11.7 Å². The van der Waals surface area contributed by atoms with Gasteiger partial charge in [0.1, 0.15) is 5.84 Å². The van der Waals surface area contributed by atoms with Gasteiger partial charge in [-0.1, -0.05) is 66.9 Å². The Morgan fingerprint density at radius 3 is 2.33 bits per heavy atom. The summed E-state index contributed by atoms with van der Waals surface area (Å²) in [4.78, 5) is 13.7. The van der Waals surface area contributed by atoms with Crippen LogP contribution in [0.2, 0.25) is 0 Å². The van der Waals surface area contributed by atoms with E-state index in [1.165, 1.54) is 61.6 Å². The standard InChI is InChI=1S/C33H52N6O/c1-22-27(29(40)36-21-32(5,6)30(37-34)38-35-8)19-28(39(22)20-23-12-10-9-11-13-23)24-16-25(31(2,3)4)18-26(17-24)33(7)14-15-33/h16-19,23,35H,9-15,20-21,34H2,1-8H3,(H,36,40)(H,37,38). The number of nitrogens with one attached hydrogen (secondary N) is 3. The average molecular weight is 549 g/mol. The van der Waals surface area contributed by atoms with Gasteiger partial charge in [0.15, 0.2) is 0 Å². The number of amides is 1. The molecule has 2 aliphatic rings. The molecule has 2 aromatic rings. The fourth-order valence-corrected chi connectivity index (χ4v) is 5.99. The molecule has 0 spiro atoms. The summed E-state index contributed by atoms with van der Waals surface area (Å²) in [5.74, 6) is 6.80. The minimum absolute atomic E-state index is 0.0429. The highest BCUT2D eigenvalue weighted by Crippen LogP contribution is 2.49. The molecule has 220 valence electrons. The third-order valence-corrected chi connectivity index (χ3v) is 9.27. The fraction of sp³-hybridized carbons (Fsp3) is 0.636. The molecule has 5 N–H and O–H groups in total. The van der Waals surface area contributed by atoms with E-state index < -0.39 is 5.41 Å². The van der Waals surface area contributed by atoms with Gasteiger partial charge in [-0.25, -0.2) is 5.43 Å². The predicted molar refractivity (Wildman–Crippen MR) is 166 cm³/mol. The van der Waals surface area contributed by atoms with Crippen LogP contribution in [0, 0.1) is 18.3 Å². The zero-order valence-electron chi connectivity index (χ0n) is 26.1. The van der Waals surface area contributed by atoms with Crippen LogP contribution in [-0.2, 0) is 17.4 Å².